The molecule has 4 heteroatoms. The minimum absolute atomic E-state index is 0.0712. The lowest BCUT2D eigenvalue weighted by Gasteiger charge is -2.44. The topological polar surface area (TPSA) is 0 Å². The summed E-state index contributed by atoms with van der Waals surface area (Å²) >= 11 is 18.0. The zero-order chi connectivity index (χ0) is 11.1. The fourth-order valence-corrected chi connectivity index (χ4v) is 4.79. The third kappa shape index (κ3) is 2.44. The van der Waals surface area contributed by atoms with E-state index >= 15 is 0 Å². The lowest BCUT2D eigenvalue weighted by atomic mass is 10.1. The quantitative estimate of drug-likeness (QED) is 0.373. The Balaban J connectivity index is 5.16. The summed E-state index contributed by atoms with van der Waals surface area (Å²) in [6.45, 7) is 14.3. The molecule has 0 aromatic carbocycles. The molecule has 0 heterocycles. The summed E-state index contributed by atoms with van der Waals surface area (Å²) in [6, 6.07) is 0. The predicted octanol–water partition coefficient (Wildman–Crippen LogP) is 4.96. The van der Waals surface area contributed by atoms with Crippen LogP contribution in [0.2, 0.25) is 18.1 Å². The van der Waals surface area contributed by atoms with Gasteiger partial charge in [-0.3, -0.25) is 0 Å². The van der Waals surface area contributed by atoms with Gasteiger partial charge in [-0.15, -0.1) is 0 Å². The summed E-state index contributed by atoms with van der Waals surface area (Å²) in [5.41, 5.74) is 1.08. The Bertz CT molecular complexity index is 213. The standard InChI is InChI=1S/C9H17Cl3Si/c1-7(2)8(3,4)13(5,6)9(10,11)12/h1H2,2-6H3. The first-order valence-corrected chi connectivity index (χ1v) is 8.30. The number of alkyl halides is 3. The Morgan fingerprint density at radius 3 is 1.54 bits per heavy atom. The van der Waals surface area contributed by atoms with Gasteiger partial charge >= 0.3 is 0 Å². The van der Waals surface area contributed by atoms with Crippen LogP contribution >= 0.6 is 34.8 Å². The molecule has 0 aromatic rings. The number of hydrogen-bond donors (Lipinski definition) is 0. The average Bonchev–Trinajstić information content (AvgIpc) is 1.84. The van der Waals surface area contributed by atoms with E-state index in [1.807, 2.05) is 6.92 Å². The molecule has 0 aliphatic rings. The largest absolute Gasteiger partial charge is 0.176 e. The van der Waals surface area contributed by atoms with Crippen LogP contribution in [0.4, 0.5) is 0 Å². The molecule has 0 atom stereocenters. The van der Waals surface area contributed by atoms with Crippen molar-refractivity contribution in [3.63, 3.8) is 0 Å². The van der Waals surface area contributed by atoms with Crippen molar-refractivity contribution in [1.82, 2.24) is 0 Å². The predicted molar refractivity (Wildman–Crippen MR) is 66.6 cm³/mol. The normalized spacial score (nSPS) is 14.5. The Morgan fingerprint density at radius 1 is 1.15 bits per heavy atom. The van der Waals surface area contributed by atoms with Crippen molar-refractivity contribution >= 4 is 42.9 Å². The summed E-state index contributed by atoms with van der Waals surface area (Å²) in [5.74, 6) is 0. The highest BCUT2D eigenvalue weighted by molar-refractivity contribution is 7.05. The molecule has 0 saturated carbocycles. The van der Waals surface area contributed by atoms with Gasteiger partial charge in [-0.05, 0) is 12.0 Å². The molecule has 0 bridgehead atoms. The molecule has 0 nitrogen and oxygen atoms in total. The summed E-state index contributed by atoms with van der Waals surface area (Å²) in [7, 11) is -2.00. The van der Waals surface area contributed by atoms with E-state index in [2.05, 4.69) is 33.5 Å². The molecule has 0 spiro atoms. The van der Waals surface area contributed by atoms with Crippen molar-refractivity contribution in [3.05, 3.63) is 12.2 Å². The van der Waals surface area contributed by atoms with E-state index in [0.29, 0.717) is 0 Å². The Morgan fingerprint density at radius 2 is 1.46 bits per heavy atom. The third-order valence-corrected chi connectivity index (χ3v) is 12.6. The van der Waals surface area contributed by atoms with Crippen molar-refractivity contribution in [2.24, 2.45) is 0 Å². The minimum atomic E-state index is -2.00. The van der Waals surface area contributed by atoms with Crippen LogP contribution < -0.4 is 0 Å². The Labute approximate surface area is 97.3 Å². The number of hydrogen-bond acceptors (Lipinski definition) is 0. The van der Waals surface area contributed by atoms with E-state index in [4.69, 9.17) is 34.8 Å². The summed E-state index contributed by atoms with van der Waals surface area (Å²) in [4.78, 5) is 0. The van der Waals surface area contributed by atoms with Crippen molar-refractivity contribution in [2.45, 2.75) is 42.3 Å². The molecule has 0 amide bonds. The molecule has 0 aromatic heterocycles. The first kappa shape index (κ1) is 13.8. The molecule has 0 aliphatic heterocycles. The second kappa shape index (κ2) is 3.77. The number of rotatable bonds is 2. The maximum Gasteiger partial charge on any atom is 0.176 e. The zero-order valence-electron chi connectivity index (χ0n) is 8.84. The molecule has 0 unspecified atom stereocenters. The van der Waals surface area contributed by atoms with Gasteiger partial charge in [0.05, 0.1) is 0 Å². The van der Waals surface area contributed by atoms with Gasteiger partial charge in [-0.25, -0.2) is 0 Å². The molecule has 13 heavy (non-hydrogen) atoms. The SMILES string of the molecule is C=C(C)C(C)(C)[Si](C)(C)C(Cl)(Cl)Cl. The molecule has 0 rings (SSSR count). The number of allylic oxidation sites excluding steroid dienone is 1. The molecule has 0 radical (unpaired) electrons. The van der Waals surface area contributed by atoms with Crippen molar-refractivity contribution in [3.8, 4) is 0 Å². The fraction of sp³-hybridized carbons (Fsp3) is 0.778. The van der Waals surface area contributed by atoms with Gasteiger partial charge < -0.3 is 0 Å². The zero-order valence-corrected chi connectivity index (χ0v) is 12.1. The van der Waals surface area contributed by atoms with E-state index in [1.165, 1.54) is 0 Å². The van der Waals surface area contributed by atoms with Crippen LogP contribution in [0.5, 0.6) is 0 Å². The van der Waals surface area contributed by atoms with Crippen molar-refractivity contribution in [2.75, 3.05) is 0 Å². The lowest BCUT2D eigenvalue weighted by Crippen LogP contribution is -2.51. The van der Waals surface area contributed by atoms with Gasteiger partial charge in [0.1, 0.15) is 8.07 Å². The Hall–Kier alpha value is 0.827. The van der Waals surface area contributed by atoms with Crippen LogP contribution in [0.1, 0.15) is 20.8 Å². The third-order valence-electron chi connectivity index (χ3n) is 3.34. The average molecular weight is 260 g/mol. The van der Waals surface area contributed by atoms with Crippen molar-refractivity contribution in [1.29, 1.82) is 0 Å². The van der Waals surface area contributed by atoms with Gasteiger partial charge in [0.25, 0.3) is 0 Å². The van der Waals surface area contributed by atoms with Crippen LogP contribution in [0.3, 0.4) is 0 Å². The van der Waals surface area contributed by atoms with Gasteiger partial charge in [0, 0.05) is 0 Å². The second-order valence-electron chi connectivity index (χ2n) is 4.53. The van der Waals surface area contributed by atoms with Crippen LogP contribution in [-0.2, 0) is 0 Å². The van der Waals surface area contributed by atoms with Gasteiger partial charge in [-0.2, -0.15) is 0 Å². The van der Waals surface area contributed by atoms with Crippen LogP contribution in [0.15, 0.2) is 12.2 Å². The first-order chi connectivity index (χ1) is 5.44. The van der Waals surface area contributed by atoms with E-state index in [9.17, 15) is 0 Å². The molecular formula is C9H17Cl3Si. The van der Waals surface area contributed by atoms with E-state index in [-0.39, 0.29) is 5.04 Å². The summed E-state index contributed by atoms with van der Waals surface area (Å²) < 4.78 is -1.14. The lowest BCUT2D eigenvalue weighted by molar-refractivity contribution is 0.750. The highest BCUT2D eigenvalue weighted by atomic mass is 35.6. The van der Waals surface area contributed by atoms with E-state index < -0.39 is 11.5 Å². The van der Waals surface area contributed by atoms with Gasteiger partial charge in [0.2, 0.25) is 0 Å². The van der Waals surface area contributed by atoms with Crippen LogP contribution in [0.25, 0.3) is 0 Å². The highest BCUT2D eigenvalue weighted by Gasteiger charge is 2.53. The first-order valence-electron chi connectivity index (χ1n) is 4.17. The fourth-order valence-electron chi connectivity index (χ4n) is 0.888. The monoisotopic (exact) mass is 258 g/mol. The molecule has 78 valence electrons. The van der Waals surface area contributed by atoms with E-state index in [0.717, 1.165) is 5.57 Å². The van der Waals surface area contributed by atoms with Gasteiger partial charge in [-0.1, -0.05) is 73.9 Å². The van der Waals surface area contributed by atoms with Crippen LogP contribution in [0, 0.1) is 0 Å². The van der Waals surface area contributed by atoms with Crippen LogP contribution in [-0.4, -0.2) is 11.5 Å². The highest BCUT2D eigenvalue weighted by Crippen LogP contribution is 2.53. The smallest absolute Gasteiger partial charge is 0.0999 e. The summed E-state index contributed by atoms with van der Waals surface area (Å²) in [6.07, 6.45) is 0. The molecular weight excluding hydrogens is 243 g/mol. The minimum Gasteiger partial charge on any atom is -0.0999 e. The maximum atomic E-state index is 6.00. The maximum absolute atomic E-state index is 6.00. The Kier molecular flexibility index (Phi) is 4.01. The van der Waals surface area contributed by atoms with E-state index in [1.54, 1.807) is 0 Å². The number of halogens is 3. The van der Waals surface area contributed by atoms with Crippen molar-refractivity contribution < 1.29 is 0 Å². The molecule has 0 saturated heterocycles. The second-order valence-corrected chi connectivity index (χ2v) is 13.0. The van der Waals surface area contributed by atoms with Gasteiger partial charge in [0.15, 0.2) is 3.42 Å². The molecule has 0 N–H and O–H groups in total. The molecule has 0 fully saturated rings. The summed E-state index contributed by atoms with van der Waals surface area (Å²) in [5, 5.41) is -0.0712. The molecule has 0 aliphatic carbocycles.